The van der Waals surface area contributed by atoms with Crippen LogP contribution >= 0.6 is 34.8 Å². The van der Waals surface area contributed by atoms with Gasteiger partial charge in [0.1, 0.15) is 11.6 Å². The zero-order chi connectivity index (χ0) is 19.3. The molecule has 8 heteroatoms. The molecular weight excluding hydrogens is 399 g/mol. The Kier molecular flexibility index (Phi) is 6.76. The van der Waals surface area contributed by atoms with E-state index in [9.17, 15) is 10.1 Å². The number of hydrogen-bond acceptors (Lipinski definition) is 4. The summed E-state index contributed by atoms with van der Waals surface area (Å²) in [5, 5.41) is 12.9. The minimum absolute atomic E-state index is 0.140. The van der Waals surface area contributed by atoms with Crippen molar-refractivity contribution in [3.05, 3.63) is 56.5 Å². The van der Waals surface area contributed by atoms with Gasteiger partial charge in [-0.2, -0.15) is 5.26 Å². The van der Waals surface area contributed by atoms with Crippen molar-refractivity contribution in [3.63, 3.8) is 0 Å². The topological polar surface area (TPSA) is 71.3 Å². The first-order chi connectivity index (χ1) is 12.4. The number of benzene rings is 2. The van der Waals surface area contributed by atoms with Gasteiger partial charge in [0.05, 0.1) is 30.0 Å². The third-order valence-corrected chi connectivity index (χ3v) is 4.14. The number of ether oxygens (including phenoxy) is 2. The molecule has 26 heavy (non-hydrogen) atoms. The fourth-order valence-electron chi connectivity index (χ4n) is 2.12. The molecule has 2 rings (SSSR count). The number of anilines is 1. The first kappa shape index (κ1) is 19.9. The van der Waals surface area contributed by atoms with Gasteiger partial charge in [0.25, 0.3) is 5.91 Å². The van der Waals surface area contributed by atoms with Crippen molar-refractivity contribution < 1.29 is 14.3 Å². The van der Waals surface area contributed by atoms with E-state index in [4.69, 9.17) is 44.3 Å². The van der Waals surface area contributed by atoms with Crippen molar-refractivity contribution in [1.82, 2.24) is 0 Å². The maximum Gasteiger partial charge on any atom is 0.266 e. The van der Waals surface area contributed by atoms with Crippen LogP contribution in [0.3, 0.4) is 0 Å². The Morgan fingerprint density at radius 1 is 1.12 bits per heavy atom. The molecule has 0 radical (unpaired) electrons. The highest BCUT2D eigenvalue weighted by atomic mass is 35.5. The number of nitrogens with one attached hydrogen (secondary N) is 1. The number of hydrogen-bond donors (Lipinski definition) is 1. The predicted molar refractivity (Wildman–Crippen MR) is 103 cm³/mol. The zero-order valence-corrected chi connectivity index (χ0v) is 16.0. The molecule has 0 aliphatic rings. The van der Waals surface area contributed by atoms with Crippen molar-refractivity contribution in [1.29, 1.82) is 5.26 Å². The number of halogens is 3. The summed E-state index contributed by atoms with van der Waals surface area (Å²) < 4.78 is 10.4. The first-order valence-corrected chi connectivity index (χ1v) is 8.32. The van der Waals surface area contributed by atoms with Crippen LogP contribution in [0.5, 0.6) is 11.5 Å². The lowest BCUT2D eigenvalue weighted by molar-refractivity contribution is -0.112. The monoisotopic (exact) mass is 410 g/mol. The summed E-state index contributed by atoms with van der Waals surface area (Å²) in [5.41, 5.74) is 0.702. The second kappa shape index (κ2) is 8.81. The highest BCUT2D eigenvalue weighted by Crippen LogP contribution is 2.36. The van der Waals surface area contributed by atoms with E-state index in [0.717, 1.165) is 0 Å². The molecule has 0 unspecified atom stereocenters. The number of nitriles is 1. The van der Waals surface area contributed by atoms with Crippen LogP contribution in [0.25, 0.3) is 6.08 Å². The molecule has 0 aliphatic carbocycles. The van der Waals surface area contributed by atoms with Crippen LogP contribution in [0.4, 0.5) is 5.69 Å². The molecule has 0 saturated heterocycles. The van der Waals surface area contributed by atoms with Crippen LogP contribution in [-0.4, -0.2) is 20.1 Å². The zero-order valence-electron chi connectivity index (χ0n) is 13.8. The predicted octanol–water partition coefficient (Wildman–Crippen LogP) is 5.21. The molecule has 0 aliphatic heterocycles. The van der Waals surface area contributed by atoms with Crippen molar-refractivity contribution in [2.45, 2.75) is 0 Å². The summed E-state index contributed by atoms with van der Waals surface area (Å²) in [6, 6.07) is 9.62. The molecule has 5 nitrogen and oxygen atoms in total. The molecule has 0 bridgehead atoms. The maximum atomic E-state index is 12.4. The Labute approximate surface area is 165 Å². The van der Waals surface area contributed by atoms with Gasteiger partial charge in [0, 0.05) is 5.02 Å². The fraction of sp³-hybridized carbons (Fsp3) is 0.111. The highest BCUT2D eigenvalue weighted by molar-refractivity contribution is 6.37. The summed E-state index contributed by atoms with van der Waals surface area (Å²) in [5.74, 6) is 0.120. The molecule has 2 aromatic carbocycles. The largest absolute Gasteiger partial charge is 0.493 e. The van der Waals surface area contributed by atoms with Gasteiger partial charge in [-0.25, -0.2) is 0 Å². The standard InChI is InChI=1S/C18H13Cl3N2O3/c1-25-16-7-10(6-14(21)17(16)26-2)5-11(9-22)18(24)23-15-4-3-12(19)8-13(15)20/h3-8H,1-2H3,(H,23,24)/b11-5+. The van der Waals surface area contributed by atoms with E-state index in [1.165, 1.54) is 26.4 Å². The van der Waals surface area contributed by atoms with Crippen LogP contribution in [0.1, 0.15) is 5.56 Å². The van der Waals surface area contributed by atoms with E-state index < -0.39 is 5.91 Å². The molecular formula is C18H13Cl3N2O3. The molecule has 0 spiro atoms. The van der Waals surface area contributed by atoms with Crippen LogP contribution in [0.2, 0.25) is 15.1 Å². The van der Waals surface area contributed by atoms with E-state index >= 15 is 0 Å². The quantitative estimate of drug-likeness (QED) is 0.541. The van der Waals surface area contributed by atoms with Crippen molar-refractivity contribution in [2.75, 3.05) is 19.5 Å². The summed E-state index contributed by atoms with van der Waals surface area (Å²) in [4.78, 5) is 12.4. The summed E-state index contributed by atoms with van der Waals surface area (Å²) in [6.07, 6.45) is 1.38. The summed E-state index contributed by atoms with van der Waals surface area (Å²) >= 11 is 18.0. The highest BCUT2D eigenvalue weighted by Gasteiger charge is 2.14. The Bertz CT molecular complexity index is 921. The van der Waals surface area contributed by atoms with E-state index in [-0.39, 0.29) is 15.6 Å². The third-order valence-electron chi connectivity index (χ3n) is 3.31. The summed E-state index contributed by atoms with van der Waals surface area (Å²) in [6.45, 7) is 0. The Balaban J connectivity index is 2.34. The third kappa shape index (κ3) is 4.61. The van der Waals surface area contributed by atoms with Gasteiger partial charge in [-0.3, -0.25) is 4.79 Å². The van der Waals surface area contributed by atoms with Gasteiger partial charge in [0.15, 0.2) is 11.5 Å². The molecule has 1 amide bonds. The van der Waals surface area contributed by atoms with Crippen molar-refractivity contribution >= 4 is 52.5 Å². The smallest absolute Gasteiger partial charge is 0.266 e. The second-order valence-electron chi connectivity index (χ2n) is 4.99. The second-order valence-corrected chi connectivity index (χ2v) is 6.24. The molecule has 0 aromatic heterocycles. The molecule has 0 atom stereocenters. The molecule has 2 aromatic rings. The minimum atomic E-state index is -0.623. The van der Waals surface area contributed by atoms with E-state index in [2.05, 4.69) is 5.32 Å². The van der Waals surface area contributed by atoms with Crippen LogP contribution in [-0.2, 0) is 4.79 Å². The van der Waals surface area contributed by atoms with E-state index in [1.807, 2.05) is 6.07 Å². The molecule has 1 N–H and O–H groups in total. The number of rotatable bonds is 5. The van der Waals surface area contributed by atoms with Crippen LogP contribution < -0.4 is 14.8 Å². The number of nitrogens with zero attached hydrogens (tertiary/aromatic N) is 1. The number of methoxy groups -OCH3 is 2. The first-order valence-electron chi connectivity index (χ1n) is 7.19. The van der Waals surface area contributed by atoms with Gasteiger partial charge in [-0.15, -0.1) is 0 Å². The van der Waals surface area contributed by atoms with Crippen LogP contribution in [0.15, 0.2) is 35.9 Å². The van der Waals surface area contributed by atoms with E-state index in [0.29, 0.717) is 27.8 Å². The SMILES string of the molecule is COc1cc(/C=C(\C#N)C(=O)Nc2ccc(Cl)cc2Cl)cc(Cl)c1OC. The fourth-order valence-corrected chi connectivity index (χ4v) is 2.87. The Hall–Kier alpha value is -2.39. The normalized spacial score (nSPS) is 10.8. The van der Waals surface area contributed by atoms with Gasteiger partial charge in [0.2, 0.25) is 0 Å². The molecule has 134 valence electrons. The molecule has 0 fully saturated rings. The van der Waals surface area contributed by atoms with Gasteiger partial charge < -0.3 is 14.8 Å². The van der Waals surface area contributed by atoms with Crippen molar-refractivity contribution in [3.8, 4) is 17.6 Å². The number of amides is 1. The maximum absolute atomic E-state index is 12.4. The lowest BCUT2D eigenvalue weighted by Crippen LogP contribution is -2.13. The van der Waals surface area contributed by atoms with Gasteiger partial charge in [-0.1, -0.05) is 34.8 Å². The minimum Gasteiger partial charge on any atom is -0.493 e. The lowest BCUT2D eigenvalue weighted by Gasteiger charge is -2.10. The molecule has 0 saturated carbocycles. The molecule has 0 heterocycles. The lowest BCUT2D eigenvalue weighted by atomic mass is 10.1. The van der Waals surface area contributed by atoms with Gasteiger partial charge >= 0.3 is 0 Å². The average molecular weight is 412 g/mol. The van der Waals surface area contributed by atoms with Gasteiger partial charge in [-0.05, 0) is 42.0 Å². The Morgan fingerprint density at radius 2 is 1.85 bits per heavy atom. The Morgan fingerprint density at radius 3 is 2.42 bits per heavy atom. The van der Waals surface area contributed by atoms with E-state index in [1.54, 1.807) is 24.3 Å². The summed E-state index contributed by atoms with van der Waals surface area (Å²) in [7, 11) is 2.92. The van der Waals surface area contributed by atoms with Crippen molar-refractivity contribution in [2.24, 2.45) is 0 Å². The van der Waals surface area contributed by atoms with Crippen LogP contribution in [0, 0.1) is 11.3 Å². The average Bonchev–Trinajstić information content (AvgIpc) is 2.61. The number of carbonyl (C=O) groups is 1. The number of carbonyl (C=O) groups excluding carboxylic acids is 1.